The molecule has 10 heteroatoms. The van der Waals surface area contributed by atoms with Crippen molar-refractivity contribution in [1.82, 2.24) is 23.9 Å². The Morgan fingerprint density at radius 2 is 1.91 bits per heavy atom. The third kappa shape index (κ3) is 4.27. The summed E-state index contributed by atoms with van der Waals surface area (Å²) in [4.78, 5) is 42.7. The number of anilines is 1. The lowest BCUT2D eigenvalue weighted by Gasteiger charge is -2.15. The van der Waals surface area contributed by atoms with Gasteiger partial charge in [0.05, 0.1) is 11.4 Å². The number of nitrogen functional groups attached to an aromatic ring is 1. The van der Waals surface area contributed by atoms with Gasteiger partial charge in [-0.15, -0.1) is 5.10 Å². The maximum absolute atomic E-state index is 13.0. The summed E-state index contributed by atoms with van der Waals surface area (Å²) in [7, 11) is 1.36. The number of nitrogens with zero attached hydrogens (tertiary/aromatic N) is 5. The van der Waals surface area contributed by atoms with E-state index >= 15 is 0 Å². The minimum absolute atomic E-state index is 0.0533. The van der Waals surface area contributed by atoms with E-state index in [1.165, 1.54) is 11.6 Å². The standard InChI is InChI=1S/C22H26N6O3S/c1-13(2)11-27-18(23)17(20(30)26(3)22(27)31)16(29)12-32-21-24-19(14-9-10-14)28(25-21)15-7-5-4-6-8-15/h4-8,13-14H,9-12,23H2,1-3H3. The van der Waals surface area contributed by atoms with Crippen LogP contribution in [0.25, 0.3) is 5.69 Å². The maximum Gasteiger partial charge on any atom is 0.332 e. The third-order valence-electron chi connectivity index (χ3n) is 5.30. The number of thioether (sulfide) groups is 1. The van der Waals surface area contributed by atoms with Gasteiger partial charge in [-0.05, 0) is 30.9 Å². The second kappa shape index (κ2) is 8.78. The summed E-state index contributed by atoms with van der Waals surface area (Å²) in [5.41, 5.74) is 5.66. The van der Waals surface area contributed by atoms with Crippen LogP contribution in [0.4, 0.5) is 5.82 Å². The van der Waals surface area contributed by atoms with Crippen molar-refractivity contribution in [2.45, 2.75) is 44.3 Å². The minimum atomic E-state index is -0.681. The van der Waals surface area contributed by atoms with Crippen molar-refractivity contribution in [2.24, 2.45) is 13.0 Å². The van der Waals surface area contributed by atoms with Gasteiger partial charge in [-0.25, -0.2) is 14.5 Å². The maximum atomic E-state index is 13.0. The first-order valence-electron chi connectivity index (χ1n) is 10.6. The fourth-order valence-electron chi connectivity index (χ4n) is 3.52. The molecule has 0 spiro atoms. The van der Waals surface area contributed by atoms with Crippen molar-refractivity contribution in [3.05, 3.63) is 62.6 Å². The fraction of sp³-hybridized carbons (Fsp3) is 0.409. The Morgan fingerprint density at radius 1 is 1.22 bits per heavy atom. The highest BCUT2D eigenvalue weighted by molar-refractivity contribution is 7.99. The Kier molecular flexibility index (Phi) is 6.05. The molecule has 9 nitrogen and oxygen atoms in total. The predicted octanol–water partition coefficient (Wildman–Crippen LogP) is 2.22. The SMILES string of the molecule is CC(C)Cn1c(N)c(C(=O)CSc2nc(C3CC3)n(-c3ccccc3)n2)c(=O)n(C)c1=O. The van der Waals surface area contributed by atoms with Crippen LogP contribution < -0.4 is 17.0 Å². The van der Waals surface area contributed by atoms with Crippen LogP contribution in [0.5, 0.6) is 0 Å². The quantitative estimate of drug-likeness (QED) is 0.409. The Labute approximate surface area is 189 Å². The van der Waals surface area contributed by atoms with Gasteiger partial charge >= 0.3 is 5.69 Å². The van der Waals surface area contributed by atoms with E-state index in [-0.39, 0.29) is 23.1 Å². The number of hydrogen-bond donors (Lipinski definition) is 1. The molecule has 1 saturated carbocycles. The van der Waals surface area contributed by atoms with Crippen LogP contribution in [0.1, 0.15) is 48.8 Å². The van der Waals surface area contributed by atoms with Crippen LogP contribution >= 0.6 is 11.8 Å². The molecule has 2 N–H and O–H groups in total. The molecule has 2 aromatic heterocycles. The Bertz CT molecular complexity index is 1270. The summed E-state index contributed by atoms with van der Waals surface area (Å²) in [6, 6.07) is 9.74. The average Bonchev–Trinajstić information content (AvgIpc) is 3.53. The molecule has 0 atom stereocenters. The van der Waals surface area contributed by atoms with Crippen molar-refractivity contribution in [3.63, 3.8) is 0 Å². The first-order valence-corrected chi connectivity index (χ1v) is 11.5. The topological polar surface area (TPSA) is 118 Å². The van der Waals surface area contributed by atoms with Crippen LogP contribution in [-0.2, 0) is 13.6 Å². The van der Waals surface area contributed by atoms with E-state index in [9.17, 15) is 14.4 Å². The van der Waals surface area contributed by atoms with Gasteiger partial charge in [0, 0.05) is 19.5 Å². The number of carbonyl (C=O) groups is 1. The zero-order chi connectivity index (χ0) is 23.0. The van der Waals surface area contributed by atoms with Crippen molar-refractivity contribution in [3.8, 4) is 5.69 Å². The molecule has 32 heavy (non-hydrogen) atoms. The molecule has 0 saturated heterocycles. The Hall–Kier alpha value is -3.14. The first-order chi connectivity index (χ1) is 15.3. The number of aromatic nitrogens is 5. The Morgan fingerprint density at radius 3 is 2.53 bits per heavy atom. The molecular formula is C22H26N6O3S. The van der Waals surface area contributed by atoms with Crippen LogP contribution in [0.2, 0.25) is 0 Å². The normalized spacial score (nSPS) is 13.6. The van der Waals surface area contributed by atoms with Crippen molar-refractivity contribution in [1.29, 1.82) is 0 Å². The van der Waals surface area contributed by atoms with Gasteiger partial charge in [0.15, 0.2) is 5.78 Å². The number of ketones is 1. The summed E-state index contributed by atoms with van der Waals surface area (Å²) >= 11 is 1.16. The number of para-hydroxylation sites is 1. The molecule has 1 aliphatic rings. The zero-order valence-corrected chi connectivity index (χ0v) is 19.1. The summed E-state index contributed by atoms with van der Waals surface area (Å²) in [6.07, 6.45) is 2.14. The fourth-order valence-corrected chi connectivity index (χ4v) is 4.22. The summed E-state index contributed by atoms with van der Waals surface area (Å²) in [5, 5.41) is 5.05. The van der Waals surface area contributed by atoms with Gasteiger partial charge in [0.1, 0.15) is 17.2 Å². The Balaban J connectivity index is 1.61. The van der Waals surface area contributed by atoms with Crippen LogP contribution in [0.3, 0.4) is 0 Å². The number of nitrogens with two attached hydrogens (primary N) is 1. The molecule has 0 radical (unpaired) electrons. The minimum Gasteiger partial charge on any atom is -0.384 e. The molecule has 0 bridgehead atoms. The van der Waals surface area contributed by atoms with Crippen molar-refractivity contribution < 1.29 is 4.79 Å². The predicted molar refractivity (Wildman–Crippen MR) is 124 cm³/mol. The number of rotatable bonds is 8. The van der Waals surface area contributed by atoms with Gasteiger partial charge in [-0.3, -0.25) is 18.7 Å². The van der Waals surface area contributed by atoms with E-state index in [1.54, 1.807) is 0 Å². The molecule has 1 fully saturated rings. The summed E-state index contributed by atoms with van der Waals surface area (Å²) in [5.74, 6) is 0.787. The average molecular weight is 455 g/mol. The lowest BCUT2D eigenvalue weighted by Crippen LogP contribution is -2.43. The first kappa shape index (κ1) is 22.1. The molecular weight excluding hydrogens is 428 g/mol. The number of hydrogen-bond acceptors (Lipinski definition) is 7. The lowest BCUT2D eigenvalue weighted by atomic mass is 10.2. The van der Waals surface area contributed by atoms with Gasteiger partial charge in [-0.2, -0.15) is 0 Å². The van der Waals surface area contributed by atoms with E-state index in [0.717, 1.165) is 40.7 Å². The summed E-state index contributed by atoms with van der Waals surface area (Å²) < 4.78 is 4.04. The molecule has 4 rings (SSSR count). The smallest absolute Gasteiger partial charge is 0.332 e. The van der Waals surface area contributed by atoms with E-state index in [2.05, 4.69) is 10.1 Å². The molecule has 0 aliphatic heterocycles. The number of Topliss-reactive ketones (excluding diaryl/α,β-unsaturated/α-hetero) is 1. The van der Waals surface area contributed by atoms with E-state index in [0.29, 0.717) is 17.6 Å². The third-order valence-corrected chi connectivity index (χ3v) is 6.14. The number of benzene rings is 1. The molecule has 2 heterocycles. The molecule has 168 valence electrons. The molecule has 1 aromatic carbocycles. The van der Waals surface area contributed by atoms with Crippen LogP contribution in [-0.4, -0.2) is 35.4 Å². The van der Waals surface area contributed by atoms with E-state index in [4.69, 9.17) is 5.73 Å². The second-order valence-electron chi connectivity index (χ2n) is 8.40. The molecule has 3 aromatic rings. The number of carbonyl (C=O) groups excluding carboxylic acids is 1. The highest BCUT2D eigenvalue weighted by atomic mass is 32.2. The van der Waals surface area contributed by atoms with Gasteiger partial charge in [0.2, 0.25) is 5.16 Å². The van der Waals surface area contributed by atoms with E-state index in [1.807, 2.05) is 48.9 Å². The van der Waals surface area contributed by atoms with Gasteiger partial charge < -0.3 is 5.73 Å². The van der Waals surface area contributed by atoms with Crippen LogP contribution in [0, 0.1) is 5.92 Å². The van der Waals surface area contributed by atoms with Crippen LogP contribution in [0.15, 0.2) is 45.1 Å². The highest BCUT2D eigenvalue weighted by Crippen LogP contribution is 2.40. The zero-order valence-electron chi connectivity index (χ0n) is 18.3. The largest absolute Gasteiger partial charge is 0.384 e. The van der Waals surface area contributed by atoms with E-state index < -0.39 is 17.0 Å². The van der Waals surface area contributed by atoms with Gasteiger partial charge in [0.25, 0.3) is 5.56 Å². The monoisotopic (exact) mass is 454 g/mol. The molecule has 0 unspecified atom stereocenters. The van der Waals surface area contributed by atoms with Gasteiger partial charge in [-0.1, -0.05) is 43.8 Å². The van der Waals surface area contributed by atoms with Crippen molar-refractivity contribution >= 4 is 23.4 Å². The highest BCUT2D eigenvalue weighted by Gasteiger charge is 2.31. The molecule has 0 amide bonds. The lowest BCUT2D eigenvalue weighted by molar-refractivity contribution is 0.102. The second-order valence-corrected chi connectivity index (χ2v) is 9.34. The summed E-state index contributed by atoms with van der Waals surface area (Å²) in [6.45, 7) is 4.18. The van der Waals surface area contributed by atoms with Crippen molar-refractivity contribution in [2.75, 3.05) is 11.5 Å². The molecule has 1 aliphatic carbocycles.